The number of fused-ring (bicyclic) bond motifs is 14. The number of allylic oxidation sites excluding steroid dienone is 1. The molecule has 7 aromatic heterocycles. The quantitative estimate of drug-likeness (QED) is 0.0285. The van der Waals surface area contributed by atoms with E-state index in [4.69, 9.17) is 58.6 Å². The number of Topliss-reactive ketones (excluding diaryl/α,β-unsaturated/α-hetero) is 1. The maximum Gasteiger partial charge on any atom is 0.416 e. The van der Waals surface area contributed by atoms with E-state index in [1.165, 1.54) is 85.7 Å². The first-order chi connectivity index (χ1) is 48.7. The Morgan fingerprint density at radius 3 is 2.15 bits per heavy atom. The van der Waals surface area contributed by atoms with Gasteiger partial charge in [0.15, 0.2) is 5.78 Å². The van der Waals surface area contributed by atoms with Crippen LogP contribution in [0, 0.1) is 24.7 Å². The number of anilines is 1. The first kappa shape index (κ1) is 74.7. The Balaban J connectivity index is 1.03. The van der Waals surface area contributed by atoms with E-state index in [0.29, 0.717) is 99.4 Å². The number of esters is 3. The molecule has 5 amide bonds. The lowest BCUT2D eigenvalue weighted by Crippen LogP contribution is -2.40. The minimum atomic E-state index is -1.31. The molecular formula is C68H74N12O15S6. The number of rotatable bonds is 19. The highest BCUT2D eigenvalue weighted by atomic mass is 32.1. The molecule has 10 rings (SSSR count). The molecule has 532 valence electrons. The molecule has 1 aliphatic carbocycles. The third-order valence-corrected chi connectivity index (χ3v) is 22.7. The van der Waals surface area contributed by atoms with Gasteiger partial charge in [-0.25, -0.2) is 39.7 Å². The number of ether oxygens (including phenoxy) is 5. The fourth-order valence-corrected chi connectivity index (χ4v) is 17.0. The van der Waals surface area contributed by atoms with Crippen molar-refractivity contribution in [3.8, 4) is 43.4 Å². The van der Waals surface area contributed by atoms with E-state index < -0.39 is 84.3 Å². The standard InChI is InChI=1S/C68H74N12O15S6/c1-34(2)41-26-47(81)53-35(3)100-64(78-53)43(27-50(82)69-4)72-58(86)45-31-96-60(74-45)40-22-23-42(62-76-49(33-99-62)80(68(90)95-39-20-17-38(18-21-39)67(89)94-8)25-13-12-16-37(66(88)93-7)19-24-52(84)92-6)71-54(40)44-30-97-63(73-44)46-32-98-65(75-46)56(57(85)36-14-10-9-11-15-36)77-51(83)28-70-59(87)55-48(29-91-5)101-61(41)79-55/h9-15,22-23,30-34,37-39,41,43,56-57,85H,16-21,24-29H2,1-8H3,(H,69,82)(H,70,87)(H,72,86)(H,77,83)/b13-12+/t37?,38?,39?,41-,43-,56-,57-/m0/s1. The van der Waals surface area contributed by atoms with Gasteiger partial charge in [-0.05, 0) is 69.1 Å². The lowest BCUT2D eigenvalue weighted by Gasteiger charge is -2.28. The monoisotopic (exact) mass is 1490 g/mol. The Labute approximate surface area is 605 Å². The van der Waals surface area contributed by atoms with Gasteiger partial charge in [0.25, 0.3) is 11.8 Å². The first-order valence-corrected chi connectivity index (χ1v) is 37.3. The summed E-state index contributed by atoms with van der Waals surface area (Å²) in [6.45, 7) is 5.03. The van der Waals surface area contributed by atoms with Crippen molar-refractivity contribution in [3.63, 3.8) is 0 Å². The number of carbonyl (C=O) groups is 9. The molecule has 101 heavy (non-hydrogen) atoms. The number of thiazole rings is 6. The van der Waals surface area contributed by atoms with Gasteiger partial charge in [0.05, 0.1) is 74.4 Å². The number of nitrogens with one attached hydrogen (secondary N) is 4. The second-order valence-corrected chi connectivity index (χ2v) is 29.8. The number of aryl methyl sites for hydroxylation is 1. The van der Waals surface area contributed by atoms with Gasteiger partial charge in [-0.1, -0.05) is 56.3 Å². The van der Waals surface area contributed by atoms with Crippen molar-refractivity contribution in [2.75, 3.05) is 53.5 Å². The molecule has 1 saturated carbocycles. The first-order valence-electron chi connectivity index (χ1n) is 32.2. The van der Waals surface area contributed by atoms with Crippen molar-refractivity contribution in [1.82, 2.24) is 56.2 Å². The number of aliphatic hydroxyl groups excluding tert-OH is 1. The highest BCUT2D eigenvalue weighted by Gasteiger charge is 2.35. The number of carbonyl (C=O) groups excluding carboxylic acids is 9. The largest absolute Gasteiger partial charge is 0.469 e. The van der Waals surface area contributed by atoms with Gasteiger partial charge in [-0.2, -0.15) is 0 Å². The Bertz CT molecular complexity index is 4340. The van der Waals surface area contributed by atoms with Gasteiger partial charge in [-0.15, -0.1) is 68.0 Å². The zero-order valence-electron chi connectivity index (χ0n) is 56.3. The van der Waals surface area contributed by atoms with E-state index >= 15 is 0 Å². The lowest BCUT2D eigenvalue weighted by atomic mass is 9.87. The summed E-state index contributed by atoms with van der Waals surface area (Å²) in [5, 5.41) is 32.2. The molecule has 1 unspecified atom stereocenters. The summed E-state index contributed by atoms with van der Waals surface area (Å²) in [5.41, 5.74) is 2.50. The summed E-state index contributed by atoms with van der Waals surface area (Å²) in [6.07, 6.45) is 2.65. The van der Waals surface area contributed by atoms with Crippen molar-refractivity contribution in [1.29, 1.82) is 0 Å². The van der Waals surface area contributed by atoms with Gasteiger partial charge in [0.1, 0.15) is 83.3 Å². The molecular weight excluding hydrogens is 1420 g/mol. The van der Waals surface area contributed by atoms with Crippen LogP contribution in [-0.4, -0.2) is 148 Å². The number of ketones is 1. The Morgan fingerprint density at radius 2 is 1.43 bits per heavy atom. The van der Waals surface area contributed by atoms with Gasteiger partial charge in [0.2, 0.25) is 11.8 Å². The van der Waals surface area contributed by atoms with Crippen molar-refractivity contribution in [3.05, 3.63) is 124 Å². The average Bonchev–Trinajstić information content (AvgIpc) is 1.69. The minimum absolute atomic E-state index is 0.00277. The van der Waals surface area contributed by atoms with E-state index in [-0.39, 0.29) is 91.7 Å². The van der Waals surface area contributed by atoms with Crippen LogP contribution >= 0.6 is 68.0 Å². The number of aliphatic hydroxyl groups is 1. The molecule has 8 heterocycles. The Hall–Kier alpha value is -8.96. The minimum Gasteiger partial charge on any atom is -0.469 e. The van der Waals surface area contributed by atoms with Crippen LogP contribution in [-0.2, 0) is 54.3 Å². The molecule has 1 aromatic carbocycles. The zero-order chi connectivity index (χ0) is 72.0. The molecule has 0 saturated heterocycles. The van der Waals surface area contributed by atoms with Crippen LogP contribution in [0.25, 0.3) is 43.4 Å². The fourth-order valence-electron chi connectivity index (χ4n) is 11.3. The van der Waals surface area contributed by atoms with Crippen molar-refractivity contribution in [2.45, 2.75) is 115 Å². The van der Waals surface area contributed by atoms with Gasteiger partial charge >= 0.3 is 24.0 Å². The van der Waals surface area contributed by atoms with Crippen LogP contribution in [0.3, 0.4) is 0 Å². The number of hydrogen-bond acceptors (Lipinski definition) is 28. The summed E-state index contributed by atoms with van der Waals surface area (Å²) < 4.78 is 26.4. The zero-order valence-corrected chi connectivity index (χ0v) is 61.2. The van der Waals surface area contributed by atoms with Crippen LogP contribution in [0.15, 0.2) is 76.1 Å². The van der Waals surface area contributed by atoms with Crippen LogP contribution in [0.2, 0.25) is 0 Å². The third kappa shape index (κ3) is 18.4. The van der Waals surface area contributed by atoms with Crippen LogP contribution in [0.4, 0.5) is 10.6 Å². The molecule has 0 spiro atoms. The second kappa shape index (κ2) is 34.6. The lowest BCUT2D eigenvalue weighted by molar-refractivity contribution is -0.148. The van der Waals surface area contributed by atoms with E-state index in [0.717, 1.165) is 22.7 Å². The predicted octanol–water partition coefficient (Wildman–Crippen LogP) is 10.6. The summed E-state index contributed by atoms with van der Waals surface area (Å²) in [7, 11) is 6.81. The fraction of sp³-hybridized carbons (Fsp3) is 0.412. The molecule has 8 aromatic rings. The number of amides is 5. The highest BCUT2D eigenvalue weighted by molar-refractivity contribution is 7.15. The van der Waals surface area contributed by atoms with Crippen LogP contribution in [0.1, 0.15) is 158 Å². The molecule has 5 atom stereocenters. The number of benzene rings is 1. The summed E-state index contributed by atoms with van der Waals surface area (Å²) in [6, 6.07) is 10.1. The number of methoxy groups -OCH3 is 4. The number of hydrogen-bond donors (Lipinski definition) is 5. The normalized spacial score (nSPS) is 18.2. The Kier molecular flexibility index (Phi) is 25.6. The predicted molar refractivity (Wildman–Crippen MR) is 380 cm³/mol. The molecule has 33 heteroatoms. The number of aromatic nitrogens is 7. The van der Waals surface area contributed by atoms with Gasteiger partial charge in [-0.3, -0.25) is 43.3 Å². The third-order valence-electron chi connectivity index (χ3n) is 16.9. The number of nitrogens with zero attached hydrogens (tertiary/aromatic N) is 8. The molecule has 27 nitrogen and oxygen atoms in total. The molecule has 0 radical (unpaired) electrons. The topological polar surface area (TPSA) is 362 Å². The molecule has 1 aliphatic heterocycles. The number of pyridine rings is 1. The molecule has 5 N–H and O–H groups in total. The maximum absolute atomic E-state index is 14.5. The van der Waals surface area contributed by atoms with E-state index in [2.05, 4.69) is 21.3 Å². The second-order valence-electron chi connectivity index (χ2n) is 24.0. The molecule has 10 bridgehead atoms. The van der Waals surface area contributed by atoms with E-state index in [1.54, 1.807) is 83.1 Å². The summed E-state index contributed by atoms with van der Waals surface area (Å²) >= 11 is 7.12. The average molecular weight is 1490 g/mol. The van der Waals surface area contributed by atoms with Crippen molar-refractivity contribution < 1.29 is 71.9 Å². The molecule has 2 aliphatic rings. The van der Waals surface area contributed by atoms with Crippen LogP contribution < -0.4 is 26.2 Å². The smallest absolute Gasteiger partial charge is 0.416 e. The van der Waals surface area contributed by atoms with E-state index in [9.17, 15) is 48.3 Å². The summed E-state index contributed by atoms with van der Waals surface area (Å²) in [5.74, 6) is -5.47. The SMILES string of the molecule is CNC(=O)C[C@@H]1NC(=O)c2csc(n2)-c2ccc(-c3nc(N(C/C=C/CC(CCC(=O)OC)C(=O)OC)C(=O)OC4CCC(C(=O)OC)CC4)cs3)nc2-c2csc(n2)-c2csc(n2)[C@H]([C@@H](O)c2ccccc2)NC(=O)CNC(=O)c2nc(sc2COC)[C@H](C(C)C)CC(=O)c2nc1sc2C. The highest BCUT2D eigenvalue weighted by Crippen LogP contribution is 2.42. The molecule has 1 fully saturated rings. The Morgan fingerprint density at radius 1 is 0.713 bits per heavy atom. The maximum atomic E-state index is 14.5. The van der Waals surface area contributed by atoms with Crippen LogP contribution in [0.5, 0.6) is 0 Å². The summed E-state index contributed by atoms with van der Waals surface area (Å²) in [4.78, 5) is 159. The van der Waals surface area contributed by atoms with Crippen molar-refractivity contribution >= 4 is 127 Å². The van der Waals surface area contributed by atoms with Gasteiger partial charge in [0, 0.05) is 71.4 Å². The van der Waals surface area contributed by atoms with Gasteiger partial charge < -0.3 is 50.1 Å². The van der Waals surface area contributed by atoms with Crippen molar-refractivity contribution in [2.24, 2.45) is 17.8 Å². The van der Waals surface area contributed by atoms with E-state index in [1.807, 2.05) is 13.8 Å².